The van der Waals surface area contributed by atoms with Crippen LogP contribution in [0.15, 0.2) is 24.3 Å². The van der Waals surface area contributed by atoms with Gasteiger partial charge in [0.15, 0.2) is 0 Å². The molecule has 1 N–H and O–H groups in total. The quantitative estimate of drug-likeness (QED) is 0.680. The predicted molar refractivity (Wildman–Crippen MR) is 93.8 cm³/mol. The van der Waals surface area contributed by atoms with Crippen LogP contribution in [0.4, 0.5) is 0 Å². The van der Waals surface area contributed by atoms with E-state index in [4.69, 9.17) is 0 Å². The molecule has 2 heteroatoms. The zero-order chi connectivity index (χ0) is 15.7. The largest absolute Gasteiger partial charge is 0.309 e. The number of hydrogen-bond donors (Lipinski definition) is 1. The van der Waals surface area contributed by atoms with Gasteiger partial charge in [-0.2, -0.15) is 0 Å². The van der Waals surface area contributed by atoms with Gasteiger partial charge in [0.1, 0.15) is 0 Å². The zero-order valence-electron chi connectivity index (χ0n) is 14.7. The van der Waals surface area contributed by atoms with E-state index < -0.39 is 0 Å². The molecule has 2 atom stereocenters. The summed E-state index contributed by atoms with van der Waals surface area (Å²) >= 11 is 0. The first-order chi connectivity index (χ1) is 10.1. The molecule has 120 valence electrons. The summed E-state index contributed by atoms with van der Waals surface area (Å²) in [5, 5.41) is 3.76. The molecule has 0 aliphatic heterocycles. The summed E-state index contributed by atoms with van der Waals surface area (Å²) in [6, 6.07) is 9.98. The molecule has 0 heterocycles. The van der Waals surface area contributed by atoms with E-state index in [9.17, 15) is 0 Å². The van der Waals surface area contributed by atoms with Crippen LogP contribution in [-0.4, -0.2) is 30.6 Å². The van der Waals surface area contributed by atoms with Crippen molar-refractivity contribution in [2.24, 2.45) is 0 Å². The first-order valence-corrected chi connectivity index (χ1v) is 8.67. The van der Waals surface area contributed by atoms with E-state index in [-0.39, 0.29) is 0 Å². The Morgan fingerprint density at radius 2 is 1.52 bits per heavy atom. The number of rotatable bonds is 10. The molecule has 1 rings (SSSR count). The van der Waals surface area contributed by atoms with E-state index in [1.165, 1.54) is 43.5 Å². The summed E-state index contributed by atoms with van der Waals surface area (Å²) in [5.41, 5.74) is 2.75. The summed E-state index contributed by atoms with van der Waals surface area (Å²) in [7, 11) is 0. The van der Waals surface area contributed by atoms with E-state index in [0.717, 1.165) is 6.54 Å². The topological polar surface area (TPSA) is 15.3 Å². The Balaban J connectivity index is 2.90. The molecule has 0 aliphatic rings. The van der Waals surface area contributed by atoms with Gasteiger partial charge < -0.3 is 5.32 Å². The highest BCUT2D eigenvalue weighted by Crippen LogP contribution is 2.22. The molecule has 21 heavy (non-hydrogen) atoms. The fourth-order valence-electron chi connectivity index (χ4n) is 2.94. The van der Waals surface area contributed by atoms with Crippen molar-refractivity contribution < 1.29 is 0 Å². The maximum atomic E-state index is 3.76. The van der Waals surface area contributed by atoms with Crippen molar-refractivity contribution in [3.05, 3.63) is 35.4 Å². The van der Waals surface area contributed by atoms with Crippen molar-refractivity contribution in [1.82, 2.24) is 10.2 Å². The van der Waals surface area contributed by atoms with E-state index >= 15 is 0 Å². The Kier molecular flexibility index (Phi) is 8.63. The van der Waals surface area contributed by atoms with Gasteiger partial charge in [-0.3, -0.25) is 4.90 Å². The molecule has 0 spiro atoms. The summed E-state index contributed by atoms with van der Waals surface area (Å²) < 4.78 is 0. The third kappa shape index (κ3) is 5.80. The van der Waals surface area contributed by atoms with E-state index in [2.05, 4.69) is 69.1 Å². The molecule has 0 saturated carbocycles. The van der Waals surface area contributed by atoms with Crippen molar-refractivity contribution in [2.45, 2.75) is 66.0 Å². The van der Waals surface area contributed by atoms with Gasteiger partial charge in [-0.1, -0.05) is 50.6 Å². The molecule has 0 amide bonds. The van der Waals surface area contributed by atoms with Crippen LogP contribution in [-0.2, 0) is 0 Å². The second-order valence-electron chi connectivity index (χ2n) is 6.12. The van der Waals surface area contributed by atoms with Crippen molar-refractivity contribution in [2.75, 3.05) is 19.6 Å². The molecule has 1 aromatic carbocycles. The molecule has 1 aromatic rings. The fourth-order valence-corrected chi connectivity index (χ4v) is 2.94. The number of nitrogens with one attached hydrogen (secondary N) is 1. The van der Waals surface area contributed by atoms with E-state index in [1.54, 1.807) is 0 Å². The lowest BCUT2D eigenvalue weighted by molar-refractivity contribution is 0.169. The maximum absolute atomic E-state index is 3.76. The van der Waals surface area contributed by atoms with Gasteiger partial charge in [0, 0.05) is 12.1 Å². The van der Waals surface area contributed by atoms with Gasteiger partial charge in [-0.05, 0) is 58.3 Å². The third-order valence-corrected chi connectivity index (χ3v) is 4.13. The molecule has 2 nitrogen and oxygen atoms in total. The third-order valence-electron chi connectivity index (χ3n) is 4.13. The average molecular weight is 290 g/mol. The van der Waals surface area contributed by atoms with Crippen LogP contribution in [0.2, 0.25) is 0 Å². The minimum atomic E-state index is 0.420. The lowest BCUT2D eigenvalue weighted by atomic mass is 9.97. The highest BCUT2D eigenvalue weighted by atomic mass is 15.2. The Morgan fingerprint density at radius 3 is 2.00 bits per heavy atom. The van der Waals surface area contributed by atoms with Crippen molar-refractivity contribution >= 4 is 0 Å². The van der Waals surface area contributed by atoms with E-state index in [0.29, 0.717) is 12.1 Å². The van der Waals surface area contributed by atoms with Crippen molar-refractivity contribution in [1.29, 1.82) is 0 Å². The summed E-state index contributed by atoms with van der Waals surface area (Å²) in [4.78, 5) is 2.63. The number of nitrogens with zero attached hydrogens (tertiary/aromatic N) is 1. The SMILES string of the molecule is CCCNC(c1ccc(C)cc1)C(C)N(CCC)CCC. The van der Waals surface area contributed by atoms with Crippen molar-refractivity contribution in [3.63, 3.8) is 0 Å². The molecular weight excluding hydrogens is 256 g/mol. The highest BCUT2D eigenvalue weighted by molar-refractivity contribution is 5.25. The van der Waals surface area contributed by atoms with Gasteiger partial charge in [0.2, 0.25) is 0 Å². The lowest BCUT2D eigenvalue weighted by Gasteiger charge is -2.35. The van der Waals surface area contributed by atoms with Gasteiger partial charge in [-0.25, -0.2) is 0 Å². The highest BCUT2D eigenvalue weighted by Gasteiger charge is 2.23. The second kappa shape index (κ2) is 9.97. The lowest BCUT2D eigenvalue weighted by Crippen LogP contribution is -2.44. The van der Waals surface area contributed by atoms with Crippen molar-refractivity contribution in [3.8, 4) is 0 Å². The van der Waals surface area contributed by atoms with Crippen LogP contribution < -0.4 is 5.32 Å². The van der Waals surface area contributed by atoms with Crippen LogP contribution in [0.25, 0.3) is 0 Å². The normalized spacial score (nSPS) is 14.4. The Labute approximate surface area is 131 Å². The summed E-state index contributed by atoms with van der Waals surface area (Å²) in [5.74, 6) is 0. The molecule has 0 fully saturated rings. The molecular formula is C19H34N2. The molecule has 0 saturated heterocycles. The van der Waals surface area contributed by atoms with Crippen LogP contribution in [0, 0.1) is 6.92 Å². The minimum absolute atomic E-state index is 0.420. The van der Waals surface area contributed by atoms with Crippen LogP contribution in [0.3, 0.4) is 0 Å². The first-order valence-electron chi connectivity index (χ1n) is 8.67. The average Bonchev–Trinajstić information content (AvgIpc) is 2.49. The fraction of sp³-hybridized carbons (Fsp3) is 0.684. The summed E-state index contributed by atoms with van der Waals surface area (Å²) in [6.45, 7) is 14.8. The standard InChI is InChI=1S/C19H34N2/c1-6-13-20-19(18-11-9-16(4)10-12-18)17(5)21(14-7-2)15-8-3/h9-12,17,19-20H,6-8,13-15H2,1-5H3. The Hall–Kier alpha value is -0.860. The molecule has 0 aliphatic carbocycles. The number of aryl methyl sites for hydroxylation is 1. The maximum Gasteiger partial charge on any atom is 0.0475 e. The number of benzene rings is 1. The number of hydrogen-bond acceptors (Lipinski definition) is 2. The Morgan fingerprint density at radius 1 is 0.952 bits per heavy atom. The zero-order valence-corrected chi connectivity index (χ0v) is 14.7. The second-order valence-corrected chi connectivity index (χ2v) is 6.12. The molecule has 2 unspecified atom stereocenters. The molecule has 0 aromatic heterocycles. The molecule has 0 radical (unpaired) electrons. The van der Waals surface area contributed by atoms with Gasteiger partial charge in [-0.15, -0.1) is 0 Å². The van der Waals surface area contributed by atoms with E-state index in [1.807, 2.05) is 0 Å². The first kappa shape index (κ1) is 18.2. The Bertz CT molecular complexity index is 366. The van der Waals surface area contributed by atoms with Crippen LogP contribution in [0.1, 0.15) is 64.1 Å². The molecule has 0 bridgehead atoms. The van der Waals surface area contributed by atoms with Crippen LogP contribution >= 0.6 is 0 Å². The predicted octanol–water partition coefficient (Wildman–Crippen LogP) is 4.55. The van der Waals surface area contributed by atoms with Crippen LogP contribution in [0.5, 0.6) is 0 Å². The minimum Gasteiger partial charge on any atom is -0.309 e. The van der Waals surface area contributed by atoms with Gasteiger partial charge in [0.25, 0.3) is 0 Å². The smallest absolute Gasteiger partial charge is 0.0475 e. The summed E-state index contributed by atoms with van der Waals surface area (Å²) in [6.07, 6.45) is 3.62. The monoisotopic (exact) mass is 290 g/mol. The van der Waals surface area contributed by atoms with Gasteiger partial charge in [0.05, 0.1) is 0 Å². The van der Waals surface area contributed by atoms with Gasteiger partial charge >= 0.3 is 0 Å².